The Morgan fingerprint density at radius 3 is 2.30 bits per heavy atom. The number of hydrogen-bond acceptors (Lipinski definition) is 4. The number of hydrogen-bond donors (Lipinski definition) is 2. The van der Waals surface area contributed by atoms with Crippen molar-refractivity contribution >= 4 is 39.9 Å². The van der Waals surface area contributed by atoms with Crippen molar-refractivity contribution in [3.8, 4) is 5.75 Å². The fraction of sp³-hybridized carbons (Fsp3) is 0.150. The first-order valence-corrected chi connectivity index (χ1v) is 8.99. The first kappa shape index (κ1) is 18.8. The van der Waals surface area contributed by atoms with Crippen molar-refractivity contribution in [2.75, 3.05) is 0 Å². The predicted molar refractivity (Wildman–Crippen MR) is 104 cm³/mol. The topological polar surface area (TPSA) is 84.5 Å². The first-order valence-electron chi connectivity index (χ1n) is 8.20. The molecule has 4 amide bonds. The van der Waals surface area contributed by atoms with Crippen molar-refractivity contribution in [3.63, 3.8) is 0 Å². The minimum absolute atomic E-state index is 0.134. The van der Waals surface area contributed by atoms with Crippen LogP contribution in [0.4, 0.5) is 4.79 Å². The lowest BCUT2D eigenvalue weighted by atomic mass is 10.1. The second kappa shape index (κ2) is 7.75. The van der Waals surface area contributed by atoms with Gasteiger partial charge in [0.25, 0.3) is 11.8 Å². The molecule has 1 aliphatic rings. The Hall–Kier alpha value is -2.93. The van der Waals surface area contributed by atoms with Crippen molar-refractivity contribution in [3.05, 3.63) is 68.7 Å². The summed E-state index contributed by atoms with van der Waals surface area (Å²) in [5.41, 5.74) is 3.99. The Balaban J connectivity index is 1.74. The Kier molecular flexibility index (Phi) is 5.41. The smallest absolute Gasteiger partial charge is 0.328 e. The number of nitrogens with one attached hydrogen (secondary N) is 2. The molecule has 1 aliphatic heterocycles. The van der Waals surface area contributed by atoms with E-state index in [1.165, 1.54) is 17.2 Å². The summed E-state index contributed by atoms with van der Waals surface area (Å²) in [4.78, 5) is 34.7. The highest BCUT2D eigenvalue weighted by Gasteiger charge is 2.27. The van der Waals surface area contributed by atoms with Crippen molar-refractivity contribution in [1.82, 2.24) is 10.6 Å². The largest absolute Gasteiger partial charge is 0.488 e. The fourth-order valence-corrected chi connectivity index (χ4v) is 3.06. The zero-order valence-electron chi connectivity index (χ0n) is 14.8. The number of carbonyl (C=O) groups is 3. The summed E-state index contributed by atoms with van der Waals surface area (Å²) >= 11 is 3.44. The quantitative estimate of drug-likeness (QED) is 0.577. The summed E-state index contributed by atoms with van der Waals surface area (Å²) in [7, 11) is 0. The monoisotopic (exact) mass is 428 g/mol. The van der Waals surface area contributed by atoms with Crippen LogP contribution in [0.25, 0.3) is 6.08 Å². The van der Waals surface area contributed by atoms with Crippen LogP contribution in [0.3, 0.4) is 0 Å². The van der Waals surface area contributed by atoms with Crippen LogP contribution in [0.2, 0.25) is 0 Å². The lowest BCUT2D eigenvalue weighted by Gasteiger charge is -2.14. The highest BCUT2D eigenvalue weighted by atomic mass is 79.9. The van der Waals surface area contributed by atoms with Gasteiger partial charge in [-0.1, -0.05) is 24.3 Å². The van der Waals surface area contributed by atoms with Gasteiger partial charge in [0.05, 0.1) is 4.47 Å². The molecule has 2 N–H and O–H groups in total. The number of ether oxygens (including phenoxy) is 1. The Morgan fingerprint density at radius 1 is 0.963 bits per heavy atom. The van der Waals surface area contributed by atoms with Crippen LogP contribution < -0.4 is 15.4 Å². The van der Waals surface area contributed by atoms with Crippen LogP contribution in [0.15, 0.2) is 46.4 Å². The zero-order valence-corrected chi connectivity index (χ0v) is 16.3. The molecule has 0 spiro atoms. The number of halogens is 1. The van der Waals surface area contributed by atoms with Crippen LogP contribution >= 0.6 is 15.9 Å². The van der Waals surface area contributed by atoms with Gasteiger partial charge in [0.15, 0.2) is 0 Å². The van der Waals surface area contributed by atoms with Gasteiger partial charge in [0, 0.05) is 0 Å². The number of aryl methyl sites for hydroxylation is 2. The van der Waals surface area contributed by atoms with Gasteiger partial charge in [-0.3, -0.25) is 20.2 Å². The summed E-state index contributed by atoms with van der Waals surface area (Å²) in [6.45, 7) is 4.54. The molecule has 2 aromatic carbocycles. The molecule has 0 radical (unpaired) electrons. The normalized spacial score (nSPS) is 13.9. The van der Waals surface area contributed by atoms with Crippen LogP contribution in [-0.2, 0) is 16.2 Å². The highest BCUT2D eigenvalue weighted by Crippen LogP contribution is 2.28. The standard InChI is InChI=1S/C20H17BrN2O4/c1-11-3-4-14(7-12(11)2)10-27-17-6-5-13(9-16(17)21)8-15-18(24)22-20(26)23-19(15)25/h3-9H,10H2,1-2H3,(H2,22,23,24,25,26). The van der Waals surface area contributed by atoms with Gasteiger partial charge in [-0.05, 0) is 70.2 Å². The van der Waals surface area contributed by atoms with Gasteiger partial charge < -0.3 is 4.74 Å². The van der Waals surface area contributed by atoms with Gasteiger partial charge >= 0.3 is 6.03 Å². The van der Waals surface area contributed by atoms with Crippen LogP contribution in [0, 0.1) is 13.8 Å². The maximum absolute atomic E-state index is 11.8. The Labute approximate surface area is 164 Å². The number of imide groups is 2. The van der Waals surface area contributed by atoms with E-state index in [-0.39, 0.29) is 5.57 Å². The second-order valence-corrected chi connectivity index (χ2v) is 7.05. The molecular weight excluding hydrogens is 412 g/mol. The molecule has 0 atom stereocenters. The fourth-order valence-electron chi connectivity index (χ4n) is 2.55. The third-order valence-corrected chi connectivity index (χ3v) is 4.80. The minimum atomic E-state index is -0.821. The summed E-state index contributed by atoms with van der Waals surface area (Å²) < 4.78 is 6.54. The molecule has 27 heavy (non-hydrogen) atoms. The molecule has 0 aliphatic carbocycles. The Morgan fingerprint density at radius 2 is 1.67 bits per heavy atom. The number of benzene rings is 2. The summed E-state index contributed by atoms with van der Waals surface area (Å²) in [6.07, 6.45) is 1.41. The molecule has 0 saturated carbocycles. The SMILES string of the molecule is Cc1ccc(COc2ccc(C=C3C(=O)NC(=O)NC3=O)cc2Br)cc1C. The molecule has 1 fully saturated rings. The van der Waals surface area contributed by atoms with Gasteiger partial charge in [0.1, 0.15) is 17.9 Å². The maximum atomic E-state index is 11.8. The van der Waals surface area contributed by atoms with Crippen molar-refractivity contribution in [2.45, 2.75) is 20.5 Å². The van der Waals surface area contributed by atoms with E-state index in [1.807, 2.05) is 16.7 Å². The molecule has 0 bridgehead atoms. The average molecular weight is 429 g/mol. The van der Waals surface area contributed by atoms with E-state index in [0.29, 0.717) is 22.4 Å². The van der Waals surface area contributed by atoms with E-state index < -0.39 is 17.8 Å². The summed E-state index contributed by atoms with van der Waals surface area (Å²) in [5.74, 6) is -0.812. The van der Waals surface area contributed by atoms with Crippen molar-refractivity contribution in [1.29, 1.82) is 0 Å². The summed E-state index contributed by atoms with van der Waals surface area (Å²) in [6, 6.07) is 10.6. The van der Waals surface area contributed by atoms with Crippen molar-refractivity contribution < 1.29 is 19.1 Å². The Bertz CT molecular complexity index is 960. The van der Waals surface area contributed by atoms with E-state index in [1.54, 1.807) is 18.2 Å². The number of amides is 4. The average Bonchev–Trinajstić information content (AvgIpc) is 2.60. The molecule has 6 nitrogen and oxygen atoms in total. The molecular formula is C20H17BrN2O4. The number of urea groups is 1. The zero-order chi connectivity index (χ0) is 19.6. The van der Waals surface area contributed by atoms with E-state index in [0.717, 1.165) is 5.56 Å². The van der Waals surface area contributed by atoms with Crippen LogP contribution in [0.1, 0.15) is 22.3 Å². The van der Waals surface area contributed by atoms with E-state index in [4.69, 9.17) is 4.74 Å². The highest BCUT2D eigenvalue weighted by molar-refractivity contribution is 9.10. The lowest BCUT2D eigenvalue weighted by molar-refractivity contribution is -0.123. The van der Waals surface area contributed by atoms with E-state index >= 15 is 0 Å². The predicted octanol–water partition coefficient (Wildman–Crippen LogP) is 3.39. The minimum Gasteiger partial charge on any atom is -0.488 e. The third-order valence-electron chi connectivity index (χ3n) is 4.18. The van der Waals surface area contributed by atoms with Gasteiger partial charge in [-0.15, -0.1) is 0 Å². The van der Waals surface area contributed by atoms with Gasteiger partial charge in [-0.25, -0.2) is 4.79 Å². The molecule has 1 heterocycles. The molecule has 7 heteroatoms. The molecule has 3 rings (SSSR count). The number of carbonyl (C=O) groups excluding carboxylic acids is 3. The summed E-state index contributed by atoms with van der Waals surface area (Å²) in [5, 5.41) is 4.08. The third kappa shape index (κ3) is 4.43. The van der Waals surface area contributed by atoms with Crippen molar-refractivity contribution in [2.24, 2.45) is 0 Å². The second-order valence-electron chi connectivity index (χ2n) is 6.19. The maximum Gasteiger partial charge on any atom is 0.328 e. The van der Waals surface area contributed by atoms with Gasteiger partial charge in [0.2, 0.25) is 0 Å². The lowest BCUT2D eigenvalue weighted by Crippen LogP contribution is -2.51. The molecule has 1 saturated heterocycles. The molecule has 2 aromatic rings. The molecule has 138 valence electrons. The van der Waals surface area contributed by atoms with E-state index in [9.17, 15) is 14.4 Å². The van der Waals surface area contributed by atoms with Crippen LogP contribution in [0.5, 0.6) is 5.75 Å². The van der Waals surface area contributed by atoms with E-state index in [2.05, 4.69) is 41.9 Å². The molecule has 0 aromatic heterocycles. The number of barbiturate groups is 1. The van der Waals surface area contributed by atoms with Gasteiger partial charge in [-0.2, -0.15) is 0 Å². The first-order chi connectivity index (χ1) is 12.8. The molecule has 0 unspecified atom stereocenters. The van der Waals surface area contributed by atoms with Crippen LogP contribution in [-0.4, -0.2) is 17.8 Å². The number of rotatable bonds is 4.